The first-order valence-corrected chi connectivity index (χ1v) is 5.34. The largest absolute Gasteiger partial charge is 0.480 e. The van der Waals surface area contributed by atoms with E-state index >= 15 is 0 Å². The molecule has 0 bridgehead atoms. The zero-order valence-corrected chi connectivity index (χ0v) is 8.93. The molecule has 0 saturated carbocycles. The third-order valence-corrected chi connectivity index (χ3v) is 2.96. The zero-order valence-electron chi connectivity index (χ0n) is 8.93. The summed E-state index contributed by atoms with van der Waals surface area (Å²) in [6.45, 7) is 1.56. The lowest BCUT2D eigenvalue weighted by molar-refractivity contribution is -0.138. The molecule has 1 aliphatic heterocycles. The average Bonchev–Trinajstić information content (AvgIpc) is 2.81. The van der Waals surface area contributed by atoms with E-state index in [1.54, 1.807) is 12.1 Å². The minimum absolute atomic E-state index is 0.440. The Labute approximate surface area is 94.0 Å². The van der Waals surface area contributed by atoms with E-state index in [1.165, 1.54) is 5.56 Å². The lowest BCUT2D eigenvalue weighted by atomic mass is 9.96. The lowest BCUT2D eigenvalue weighted by Crippen LogP contribution is -2.20. The number of rotatable bonds is 3. The van der Waals surface area contributed by atoms with E-state index in [0.29, 0.717) is 11.5 Å². The molecule has 1 aliphatic rings. The third-order valence-electron chi connectivity index (χ3n) is 2.96. The lowest BCUT2D eigenvalue weighted by Gasteiger charge is -2.10. The average molecular weight is 221 g/mol. The summed E-state index contributed by atoms with van der Waals surface area (Å²) in [7, 11) is 0. The van der Waals surface area contributed by atoms with Crippen LogP contribution in [0.4, 0.5) is 0 Å². The van der Waals surface area contributed by atoms with Gasteiger partial charge in [0.05, 0.1) is 6.61 Å². The van der Waals surface area contributed by atoms with Gasteiger partial charge in [0, 0.05) is 12.5 Å². The highest BCUT2D eigenvalue weighted by Crippen LogP contribution is 2.25. The van der Waals surface area contributed by atoms with Crippen LogP contribution in [-0.2, 0) is 9.53 Å². The van der Waals surface area contributed by atoms with Crippen molar-refractivity contribution in [2.75, 3.05) is 13.2 Å². The molecule has 0 spiro atoms. The number of carbonyl (C=O) groups is 1. The van der Waals surface area contributed by atoms with Crippen molar-refractivity contribution in [3.63, 3.8) is 0 Å². The number of ether oxygens (including phenoxy) is 1. The highest BCUT2D eigenvalue weighted by atomic mass is 16.5. The summed E-state index contributed by atoms with van der Waals surface area (Å²) >= 11 is 0. The highest BCUT2D eigenvalue weighted by Gasteiger charge is 2.19. The first kappa shape index (κ1) is 11.1. The summed E-state index contributed by atoms with van der Waals surface area (Å²) in [5, 5.41) is 8.77. The summed E-state index contributed by atoms with van der Waals surface area (Å²) in [6.07, 6.45) is 1.03. The molecule has 1 fully saturated rings. The third kappa shape index (κ3) is 2.23. The first-order chi connectivity index (χ1) is 7.68. The van der Waals surface area contributed by atoms with Crippen LogP contribution in [0.1, 0.15) is 29.5 Å². The summed E-state index contributed by atoms with van der Waals surface area (Å²) in [5.74, 6) is -0.563. The van der Waals surface area contributed by atoms with E-state index < -0.39 is 12.0 Å². The Morgan fingerprint density at radius 3 is 2.62 bits per heavy atom. The fourth-order valence-corrected chi connectivity index (χ4v) is 1.92. The van der Waals surface area contributed by atoms with Gasteiger partial charge in [-0.25, -0.2) is 0 Å². The summed E-state index contributed by atoms with van der Waals surface area (Å²) in [4.78, 5) is 10.7. The second-order valence-electron chi connectivity index (χ2n) is 4.04. The summed E-state index contributed by atoms with van der Waals surface area (Å²) in [6, 6.07) is 6.52. The molecular weight excluding hydrogens is 206 g/mol. The second-order valence-corrected chi connectivity index (χ2v) is 4.04. The van der Waals surface area contributed by atoms with Crippen LogP contribution < -0.4 is 5.73 Å². The normalized spacial score (nSPS) is 21.9. The molecule has 1 aromatic carbocycles. The van der Waals surface area contributed by atoms with Gasteiger partial charge in [0.1, 0.15) is 6.04 Å². The van der Waals surface area contributed by atoms with Gasteiger partial charge in [-0.05, 0) is 17.5 Å². The van der Waals surface area contributed by atoms with Crippen LogP contribution in [0.25, 0.3) is 0 Å². The van der Waals surface area contributed by atoms with Crippen LogP contribution in [0, 0.1) is 0 Å². The van der Waals surface area contributed by atoms with Gasteiger partial charge in [-0.1, -0.05) is 24.3 Å². The highest BCUT2D eigenvalue weighted by molar-refractivity contribution is 5.75. The predicted octanol–water partition coefficient (Wildman–Crippen LogP) is 1.27. The minimum Gasteiger partial charge on any atom is -0.480 e. The van der Waals surface area contributed by atoms with Crippen molar-refractivity contribution in [2.24, 2.45) is 5.73 Å². The van der Waals surface area contributed by atoms with Crippen molar-refractivity contribution in [2.45, 2.75) is 18.4 Å². The number of aliphatic carboxylic acids is 1. The number of hydrogen-bond donors (Lipinski definition) is 2. The molecule has 1 aromatic rings. The van der Waals surface area contributed by atoms with Crippen molar-refractivity contribution in [1.29, 1.82) is 0 Å². The van der Waals surface area contributed by atoms with Gasteiger partial charge in [0.2, 0.25) is 0 Å². The van der Waals surface area contributed by atoms with E-state index in [0.717, 1.165) is 19.6 Å². The quantitative estimate of drug-likeness (QED) is 0.806. The molecule has 0 aliphatic carbocycles. The van der Waals surface area contributed by atoms with Crippen LogP contribution in [0.2, 0.25) is 0 Å². The Hall–Kier alpha value is -1.39. The molecule has 0 radical (unpaired) electrons. The topological polar surface area (TPSA) is 72.6 Å². The van der Waals surface area contributed by atoms with E-state index in [9.17, 15) is 4.79 Å². The van der Waals surface area contributed by atoms with Gasteiger partial charge in [-0.15, -0.1) is 0 Å². The van der Waals surface area contributed by atoms with Crippen LogP contribution in [-0.4, -0.2) is 24.3 Å². The Kier molecular flexibility index (Phi) is 3.22. The first-order valence-electron chi connectivity index (χ1n) is 5.34. The fraction of sp³-hybridized carbons (Fsp3) is 0.417. The molecule has 3 N–H and O–H groups in total. The number of nitrogens with two attached hydrogens (primary N) is 1. The maximum atomic E-state index is 10.7. The van der Waals surface area contributed by atoms with Crippen LogP contribution in [0.15, 0.2) is 24.3 Å². The Bertz CT molecular complexity index is 368. The van der Waals surface area contributed by atoms with Gasteiger partial charge < -0.3 is 15.6 Å². The van der Waals surface area contributed by atoms with Gasteiger partial charge in [0.15, 0.2) is 0 Å². The van der Waals surface area contributed by atoms with Crippen molar-refractivity contribution in [1.82, 2.24) is 0 Å². The van der Waals surface area contributed by atoms with Gasteiger partial charge in [-0.2, -0.15) is 0 Å². The maximum absolute atomic E-state index is 10.7. The number of carboxylic acid groups (broad SMARTS) is 1. The van der Waals surface area contributed by atoms with Crippen molar-refractivity contribution < 1.29 is 14.6 Å². The smallest absolute Gasteiger partial charge is 0.325 e. The predicted molar refractivity (Wildman–Crippen MR) is 59.2 cm³/mol. The molecule has 2 rings (SSSR count). The number of carboxylic acids is 1. The SMILES string of the molecule is NC(C(=O)O)c1ccc(C2CCOC2)cc1. The molecular formula is C12H15NO3. The molecule has 4 nitrogen and oxygen atoms in total. The molecule has 16 heavy (non-hydrogen) atoms. The van der Waals surface area contributed by atoms with Gasteiger partial charge in [-0.3, -0.25) is 4.79 Å². The molecule has 0 aromatic heterocycles. The van der Waals surface area contributed by atoms with Gasteiger partial charge >= 0.3 is 5.97 Å². The van der Waals surface area contributed by atoms with E-state index in [4.69, 9.17) is 15.6 Å². The number of hydrogen-bond acceptors (Lipinski definition) is 3. The molecule has 86 valence electrons. The zero-order chi connectivity index (χ0) is 11.5. The Morgan fingerprint density at radius 1 is 1.44 bits per heavy atom. The van der Waals surface area contributed by atoms with E-state index in [2.05, 4.69) is 0 Å². The molecule has 4 heteroatoms. The molecule has 1 saturated heterocycles. The van der Waals surface area contributed by atoms with Crippen molar-refractivity contribution >= 4 is 5.97 Å². The van der Waals surface area contributed by atoms with E-state index in [1.807, 2.05) is 12.1 Å². The molecule has 0 amide bonds. The summed E-state index contributed by atoms with van der Waals surface area (Å²) < 4.78 is 5.31. The fourth-order valence-electron chi connectivity index (χ4n) is 1.92. The Balaban J connectivity index is 2.12. The van der Waals surface area contributed by atoms with Crippen LogP contribution in [0.5, 0.6) is 0 Å². The molecule has 2 atom stereocenters. The number of benzene rings is 1. The Morgan fingerprint density at radius 2 is 2.12 bits per heavy atom. The van der Waals surface area contributed by atoms with Gasteiger partial charge in [0.25, 0.3) is 0 Å². The standard InChI is InChI=1S/C12H15NO3/c13-11(12(14)15)9-3-1-8(2-4-9)10-5-6-16-7-10/h1-4,10-11H,5-7,13H2,(H,14,15). The maximum Gasteiger partial charge on any atom is 0.325 e. The van der Waals surface area contributed by atoms with Crippen molar-refractivity contribution in [3.8, 4) is 0 Å². The van der Waals surface area contributed by atoms with Crippen molar-refractivity contribution in [3.05, 3.63) is 35.4 Å². The molecule has 2 unspecified atom stereocenters. The van der Waals surface area contributed by atoms with E-state index in [-0.39, 0.29) is 0 Å². The monoisotopic (exact) mass is 221 g/mol. The van der Waals surface area contributed by atoms with Crippen LogP contribution in [0.3, 0.4) is 0 Å². The van der Waals surface area contributed by atoms with Crippen LogP contribution >= 0.6 is 0 Å². The minimum atomic E-state index is -1.00. The second kappa shape index (κ2) is 4.63. The molecule has 1 heterocycles. The summed E-state index contributed by atoms with van der Waals surface area (Å²) in [5.41, 5.74) is 7.34.